The molecule has 0 radical (unpaired) electrons. The van der Waals surface area contributed by atoms with Crippen LogP contribution in [0, 0.1) is 0 Å². The number of carboxylic acid groups (broad SMARTS) is 1. The van der Waals surface area contributed by atoms with Crippen molar-refractivity contribution in [3.05, 3.63) is 84.2 Å². The van der Waals surface area contributed by atoms with Gasteiger partial charge in [0.1, 0.15) is 5.69 Å². The molecule has 0 saturated heterocycles. The van der Waals surface area contributed by atoms with Crippen LogP contribution in [0.2, 0.25) is 0 Å². The summed E-state index contributed by atoms with van der Waals surface area (Å²) >= 11 is 0. The van der Waals surface area contributed by atoms with Gasteiger partial charge in [-0.25, -0.2) is 9.78 Å². The van der Waals surface area contributed by atoms with Crippen LogP contribution >= 0.6 is 0 Å². The van der Waals surface area contributed by atoms with Crippen molar-refractivity contribution in [2.24, 2.45) is 0 Å². The van der Waals surface area contributed by atoms with Gasteiger partial charge in [-0.1, -0.05) is 54.6 Å². The maximum absolute atomic E-state index is 12.3. The fourth-order valence-electron chi connectivity index (χ4n) is 5.47. The number of fused-ring (bicyclic) bond motifs is 1. The molecule has 2 aromatic carbocycles. The fraction of sp³-hybridized carbons (Fsp3) is 0.267. The topological polar surface area (TPSA) is 83.4 Å². The number of nitrogens with zero attached hydrogens (tertiary/aromatic N) is 3. The molecule has 5 rings (SSSR count). The van der Waals surface area contributed by atoms with Crippen molar-refractivity contribution in [2.75, 3.05) is 0 Å². The monoisotopic (exact) mass is 479 g/mol. The largest absolute Gasteiger partial charge is 0.465 e. The SMILES string of the molecule is CC(C)(C)N(C(=O)O)C1(c2ccc(-c3nc4ccnc(C=O)c4cc3-c3ccccc3)cc2)CCC1. The zero-order valence-electron chi connectivity index (χ0n) is 20.7. The molecule has 1 fully saturated rings. The van der Waals surface area contributed by atoms with E-state index in [1.54, 1.807) is 11.1 Å². The second-order valence-corrected chi connectivity index (χ2v) is 10.4. The van der Waals surface area contributed by atoms with Gasteiger partial charge in [0.15, 0.2) is 6.29 Å². The lowest BCUT2D eigenvalue weighted by Crippen LogP contribution is -2.60. The second-order valence-electron chi connectivity index (χ2n) is 10.4. The van der Waals surface area contributed by atoms with E-state index in [2.05, 4.69) is 4.98 Å². The summed E-state index contributed by atoms with van der Waals surface area (Å²) in [6.45, 7) is 5.84. The lowest BCUT2D eigenvalue weighted by molar-refractivity contribution is -0.0328. The van der Waals surface area contributed by atoms with Gasteiger partial charge in [0.2, 0.25) is 0 Å². The number of aldehydes is 1. The number of carbonyl (C=O) groups is 2. The molecule has 0 spiro atoms. The first-order valence-corrected chi connectivity index (χ1v) is 12.2. The highest BCUT2D eigenvalue weighted by molar-refractivity contribution is 5.99. The van der Waals surface area contributed by atoms with Crippen LogP contribution < -0.4 is 0 Å². The first-order chi connectivity index (χ1) is 17.2. The van der Waals surface area contributed by atoms with Gasteiger partial charge in [-0.05, 0) is 63.3 Å². The number of amides is 1. The Morgan fingerprint density at radius 1 is 1.00 bits per heavy atom. The summed E-state index contributed by atoms with van der Waals surface area (Å²) in [6.07, 6.45) is 4.07. The molecular formula is C30H29N3O3. The summed E-state index contributed by atoms with van der Waals surface area (Å²) < 4.78 is 0. The molecule has 4 aromatic rings. The molecule has 182 valence electrons. The van der Waals surface area contributed by atoms with Crippen LogP contribution in [0.4, 0.5) is 4.79 Å². The standard InChI is InChI=1S/C30H29N3O3/c1-29(2,3)33(28(35)36)30(15-7-16-30)22-12-10-21(11-13-22)27-23(20-8-5-4-6-9-20)18-24-25(32-27)14-17-31-26(24)19-34/h4-6,8-14,17-19H,7,15-16H2,1-3H3,(H,35,36). The minimum absolute atomic E-state index is 0.363. The molecule has 1 aliphatic carbocycles. The molecule has 0 bridgehead atoms. The molecule has 1 saturated carbocycles. The summed E-state index contributed by atoms with van der Waals surface area (Å²) in [5.41, 5.74) is 4.66. The van der Waals surface area contributed by atoms with Crippen molar-refractivity contribution < 1.29 is 14.7 Å². The average molecular weight is 480 g/mol. The van der Waals surface area contributed by atoms with Crippen LogP contribution in [0.15, 0.2) is 72.9 Å². The normalized spacial score (nSPS) is 14.8. The van der Waals surface area contributed by atoms with Gasteiger partial charge >= 0.3 is 6.09 Å². The lowest BCUT2D eigenvalue weighted by Gasteiger charge is -2.54. The van der Waals surface area contributed by atoms with Crippen LogP contribution in [0.3, 0.4) is 0 Å². The molecule has 0 atom stereocenters. The number of hydrogen-bond donors (Lipinski definition) is 1. The molecule has 2 aromatic heterocycles. The van der Waals surface area contributed by atoms with Gasteiger partial charge in [0.05, 0.1) is 16.7 Å². The Balaban J connectivity index is 1.65. The molecule has 1 aliphatic rings. The van der Waals surface area contributed by atoms with E-state index < -0.39 is 17.2 Å². The van der Waals surface area contributed by atoms with Gasteiger partial charge in [-0.2, -0.15) is 0 Å². The van der Waals surface area contributed by atoms with Crippen LogP contribution in [0.1, 0.15) is 56.1 Å². The molecule has 1 amide bonds. The molecule has 0 aliphatic heterocycles. The van der Waals surface area contributed by atoms with Crippen LogP contribution in [-0.2, 0) is 5.54 Å². The van der Waals surface area contributed by atoms with E-state index in [1.807, 2.05) is 87.5 Å². The Morgan fingerprint density at radius 2 is 1.69 bits per heavy atom. The Bertz CT molecular complexity index is 1440. The van der Waals surface area contributed by atoms with Crippen molar-refractivity contribution in [3.63, 3.8) is 0 Å². The van der Waals surface area contributed by atoms with Gasteiger partial charge in [-0.15, -0.1) is 0 Å². The van der Waals surface area contributed by atoms with Crippen LogP contribution in [-0.4, -0.2) is 37.9 Å². The van der Waals surface area contributed by atoms with Crippen molar-refractivity contribution >= 4 is 23.3 Å². The van der Waals surface area contributed by atoms with E-state index in [1.165, 1.54) is 0 Å². The number of hydrogen-bond acceptors (Lipinski definition) is 4. The van der Waals surface area contributed by atoms with E-state index in [0.717, 1.165) is 53.5 Å². The average Bonchev–Trinajstić information content (AvgIpc) is 2.84. The van der Waals surface area contributed by atoms with Gasteiger partial charge < -0.3 is 5.11 Å². The molecule has 6 heteroatoms. The number of rotatable bonds is 5. The lowest BCUT2D eigenvalue weighted by atomic mass is 9.69. The Morgan fingerprint density at radius 3 is 2.25 bits per heavy atom. The van der Waals surface area contributed by atoms with Crippen molar-refractivity contribution in [1.82, 2.24) is 14.9 Å². The summed E-state index contributed by atoms with van der Waals surface area (Å²) in [4.78, 5) is 34.7. The summed E-state index contributed by atoms with van der Waals surface area (Å²) in [5.74, 6) is 0. The first kappa shape index (κ1) is 23.7. The predicted molar refractivity (Wildman–Crippen MR) is 141 cm³/mol. The highest BCUT2D eigenvalue weighted by atomic mass is 16.4. The number of carbonyl (C=O) groups excluding carboxylic acids is 1. The van der Waals surface area contributed by atoms with Crippen molar-refractivity contribution in [3.8, 4) is 22.4 Å². The smallest absolute Gasteiger partial charge is 0.408 e. The van der Waals surface area contributed by atoms with E-state index in [-0.39, 0.29) is 0 Å². The van der Waals surface area contributed by atoms with E-state index in [0.29, 0.717) is 16.6 Å². The minimum Gasteiger partial charge on any atom is -0.465 e. The summed E-state index contributed by atoms with van der Waals surface area (Å²) in [6, 6.07) is 21.9. The van der Waals surface area contributed by atoms with Crippen LogP contribution in [0.5, 0.6) is 0 Å². The van der Waals surface area contributed by atoms with Gasteiger partial charge in [-0.3, -0.25) is 14.7 Å². The molecule has 6 nitrogen and oxygen atoms in total. The maximum Gasteiger partial charge on any atom is 0.408 e. The van der Waals surface area contributed by atoms with E-state index in [4.69, 9.17) is 4.98 Å². The summed E-state index contributed by atoms with van der Waals surface area (Å²) in [7, 11) is 0. The molecular weight excluding hydrogens is 450 g/mol. The number of aromatic nitrogens is 2. The fourth-order valence-corrected chi connectivity index (χ4v) is 5.47. The quantitative estimate of drug-likeness (QED) is 0.314. The predicted octanol–water partition coefficient (Wildman–Crippen LogP) is 6.93. The highest BCUT2D eigenvalue weighted by Gasteiger charge is 2.50. The zero-order chi connectivity index (χ0) is 25.5. The van der Waals surface area contributed by atoms with Crippen molar-refractivity contribution in [2.45, 2.75) is 51.1 Å². The zero-order valence-corrected chi connectivity index (χ0v) is 20.7. The maximum atomic E-state index is 12.3. The molecule has 1 N–H and O–H groups in total. The molecule has 2 heterocycles. The second kappa shape index (κ2) is 8.86. The number of pyridine rings is 2. The molecule has 36 heavy (non-hydrogen) atoms. The van der Waals surface area contributed by atoms with Gasteiger partial charge in [0, 0.05) is 28.2 Å². The van der Waals surface area contributed by atoms with Gasteiger partial charge in [0.25, 0.3) is 0 Å². The van der Waals surface area contributed by atoms with E-state index >= 15 is 0 Å². The molecule has 0 unspecified atom stereocenters. The third-order valence-corrected chi connectivity index (χ3v) is 7.14. The first-order valence-electron chi connectivity index (χ1n) is 12.2. The Labute approximate surface area is 210 Å². The third-order valence-electron chi connectivity index (χ3n) is 7.14. The van der Waals surface area contributed by atoms with Crippen molar-refractivity contribution in [1.29, 1.82) is 0 Å². The Hall–Kier alpha value is -4.06. The minimum atomic E-state index is -0.895. The summed E-state index contributed by atoms with van der Waals surface area (Å²) in [5, 5.41) is 10.8. The Kier molecular flexibility index (Phi) is 5.83. The van der Waals surface area contributed by atoms with Crippen LogP contribution in [0.25, 0.3) is 33.3 Å². The highest BCUT2D eigenvalue weighted by Crippen LogP contribution is 2.49. The van der Waals surface area contributed by atoms with E-state index in [9.17, 15) is 14.7 Å². The number of benzene rings is 2. The third kappa shape index (κ3) is 3.92.